The Hall–Kier alpha value is -4.06. The summed E-state index contributed by atoms with van der Waals surface area (Å²) in [4.78, 5) is 28.4. The average molecular weight is 472 g/mol. The molecule has 1 unspecified atom stereocenters. The number of carbonyl (C=O) groups excluding carboxylic acids is 2. The van der Waals surface area contributed by atoms with Gasteiger partial charge in [-0.2, -0.15) is 0 Å². The number of nitrogens with zero attached hydrogens (tertiary/aromatic N) is 1. The van der Waals surface area contributed by atoms with Gasteiger partial charge in [-0.25, -0.2) is 0 Å². The number of hydrogen-bond donors (Lipinski definition) is 1. The van der Waals surface area contributed by atoms with Gasteiger partial charge in [0.05, 0.1) is 25.3 Å². The highest BCUT2D eigenvalue weighted by molar-refractivity contribution is 6.51. The monoisotopic (exact) mass is 471 g/mol. The zero-order chi connectivity index (χ0) is 25.3. The van der Waals surface area contributed by atoms with E-state index in [0.29, 0.717) is 34.9 Å². The Kier molecular flexibility index (Phi) is 6.65. The fourth-order valence-corrected chi connectivity index (χ4v) is 4.52. The van der Waals surface area contributed by atoms with Crippen molar-refractivity contribution in [1.29, 1.82) is 0 Å². The topological polar surface area (TPSA) is 76.1 Å². The highest BCUT2D eigenvalue weighted by Crippen LogP contribution is 2.46. The van der Waals surface area contributed by atoms with E-state index in [1.54, 1.807) is 31.4 Å². The number of aliphatic hydroxyl groups is 1. The van der Waals surface area contributed by atoms with Crippen molar-refractivity contribution >= 4 is 23.1 Å². The van der Waals surface area contributed by atoms with E-state index >= 15 is 0 Å². The predicted octanol–water partition coefficient (Wildman–Crippen LogP) is 5.65. The van der Waals surface area contributed by atoms with Crippen LogP contribution in [-0.2, 0) is 9.59 Å². The zero-order valence-electron chi connectivity index (χ0n) is 20.6. The molecule has 0 bridgehead atoms. The van der Waals surface area contributed by atoms with E-state index in [-0.39, 0.29) is 11.3 Å². The van der Waals surface area contributed by atoms with Crippen LogP contribution in [0.5, 0.6) is 11.5 Å². The van der Waals surface area contributed by atoms with Crippen molar-refractivity contribution in [2.45, 2.75) is 33.7 Å². The van der Waals surface area contributed by atoms with Gasteiger partial charge in [-0.15, -0.1) is 0 Å². The Morgan fingerprint density at radius 1 is 0.943 bits per heavy atom. The Labute approximate surface area is 205 Å². The van der Waals surface area contributed by atoms with Crippen LogP contribution >= 0.6 is 0 Å². The van der Waals surface area contributed by atoms with Crippen molar-refractivity contribution in [1.82, 2.24) is 0 Å². The van der Waals surface area contributed by atoms with E-state index < -0.39 is 17.7 Å². The normalized spacial score (nSPS) is 17.1. The van der Waals surface area contributed by atoms with Crippen LogP contribution in [-0.4, -0.2) is 30.5 Å². The lowest BCUT2D eigenvalue weighted by Crippen LogP contribution is -2.30. The number of rotatable bonds is 6. The summed E-state index contributed by atoms with van der Waals surface area (Å²) in [5.74, 6) is -0.465. The number of Topliss-reactive ketones (excluding diaryl/α,β-unsaturated/α-hetero) is 1. The first-order valence-electron chi connectivity index (χ1n) is 11.5. The number of ether oxygens (including phenoxy) is 2. The van der Waals surface area contributed by atoms with Crippen LogP contribution in [0.4, 0.5) is 5.69 Å². The summed E-state index contributed by atoms with van der Waals surface area (Å²) in [6, 6.07) is 17.3. The summed E-state index contributed by atoms with van der Waals surface area (Å²) in [5, 5.41) is 11.4. The molecule has 1 amide bonds. The van der Waals surface area contributed by atoms with Gasteiger partial charge < -0.3 is 14.6 Å². The largest absolute Gasteiger partial charge is 0.507 e. The molecule has 1 atom stereocenters. The molecule has 0 saturated carbocycles. The molecule has 6 heteroatoms. The SMILES string of the molecule is CCOc1ccc(/C(O)=C2\C(=O)C(=O)N(c3cc(C)ccc3C)C2c2ccccc2OC)cc1C. The number of ketones is 1. The minimum atomic E-state index is -0.862. The highest BCUT2D eigenvalue weighted by atomic mass is 16.5. The molecule has 0 spiro atoms. The lowest BCUT2D eigenvalue weighted by Gasteiger charge is -2.28. The van der Waals surface area contributed by atoms with E-state index in [9.17, 15) is 14.7 Å². The van der Waals surface area contributed by atoms with Crippen LogP contribution in [0.2, 0.25) is 0 Å². The van der Waals surface area contributed by atoms with Gasteiger partial charge >= 0.3 is 0 Å². The summed E-state index contributed by atoms with van der Waals surface area (Å²) in [6.45, 7) is 8.11. The summed E-state index contributed by atoms with van der Waals surface area (Å²) < 4.78 is 11.2. The number of carbonyl (C=O) groups is 2. The fourth-order valence-electron chi connectivity index (χ4n) is 4.52. The predicted molar refractivity (Wildman–Crippen MR) is 136 cm³/mol. The van der Waals surface area contributed by atoms with Crippen LogP contribution in [0, 0.1) is 20.8 Å². The molecule has 0 aliphatic carbocycles. The van der Waals surface area contributed by atoms with E-state index in [1.807, 2.05) is 64.1 Å². The molecule has 180 valence electrons. The Morgan fingerprint density at radius 3 is 2.37 bits per heavy atom. The molecular formula is C29H29NO5. The van der Waals surface area contributed by atoms with Crippen LogP contribution in [0.25, 0.3) is 5.76 Å². The third-order valence-electron chi connectivity index (χ3n) is 6.25. The second-order valence-electron chi connectivity index (χ2n) is 8.61. The van der Waals surface area contributed by atoms with E-state index in [2.05, 4.69) is 0 Å². The minimum Gasteiger partial charge on any atom is -0.507 e. The lowest BCUT2D eigenvalue weighted by atomic mass is 9.93. The molecule has 3 aromatic rings. The van der Waals surface area contributed by atoms with Crippen LogP contribution in [0.1, 0.15) is 40.8 Å². The van der Waals surface area contributed by atoms with Crippen LogP contribution < -0.4 is 14.4 Å². The van der Waals surface area contributed by atoms with Gasteiger partial charge in [-0.05, 0) is 74.7 Å². The van der Waals surface area contributed by atoms with Crippen LogP contribution in [0.15, 0.2) is 66.2 Å². The highest BCUT2D eigenvalue weighted by Gasteiger charge is 2.48. The van der Waals surface area contributed by atoms with Crippen molar-refractivity contribution in [2.24, 2.45) is 0 Å². The second kappa shape index (κ2) is 9.66. The van der Waals surface area contributed by atoms with E-state index in [4.69, 9.17) is 9.47 Å². The van der Waals surface area contributed by atoms with E-state index in [1.165, 1.54) is 4.90 Å². The molecule has 1 aliphatic rings. The first-order chi connectivity index (χ1) is 16.8. The number of anilines is 1. The molecule has 1 N–H and O–H groups in total. The number of hydrogen-bond acceptors (Lipinski definition) is 5. The number of amides is 1. The van der Waals surface area contributed by atoms with Crippen LogP contribution in [0.3, 0.4) is 0 Å². The molecule has 3 aromatic carbocycles. The van der Waals surface area contributed by atoms with E-state index in [0.717, 1.165) is 16.7 Å². The van der Waals surface area contributed by atoms with Crippen molar-refractivity contribution in [3.63, 3.8) is 0 Å². The third kappa shape index (κ3) is 4.28. The first-order valence-corrected chi connectivity index (χ1v) is 11.5. The molecular weight excluding hydrogens is 442 g/mol. The lowest BCUT2D eigenvalue weighted by molar-refractivity contribution is -0.132. The molecule has 35 heavy (non-hydrogen) atoms. The first kappa shape index (κ1) is 24.1. The molecule has 1 saturated heterocycles. The number of benzene rings is 3. The molecule has 4 rings (SSSR count). The summed E-state index contributed by atoms with van der Waals surface area (Å²) in [7, 11) is 1.54. The Bertz CT molecular complexity index is 1340. The zero-order valence-corrected chi connectivity index (χ0v) is 20.6. The number of aliphatic hydroxyl groups excluding tert-OH is 1. The summed E-state index contributed by atoms with van der Waals surface area (Å²) in [6.07, 6.45) is 0. The molecule has 6 nitrogen and oxygen atoms in total. The van der Waals surface area contributed by atoms with Gasteiger partial charge in [0.1, 0.15) is 17.3 Å². The molecule has 0 radical (unpaired) electrons. The smallest absolute Gasteiger partial charge is 0.300 e. The summed E-state index contributed by atoms with van der Waals surface area (Å²) in [5.41, 5.74) is 4.29. The van der Waals surface area contributed by atoms with Gasteiger partial charge in [0.2, 0.25) is 0 Å². The van der Waals surface area contributed by atoms with Gasteiger partial charge in [-0.3, -0.25) is 14.5 Å². The number of aryl methyl sites for hydroxylation is 3. The maximum atomic E-state index is 13.5. The summed E-state index contributed by atoms with van der Waals surface area (Å²) >= 11 is 0. The van der Waals surface area contributed by atoms with Crippen molar-refractivity contribution in [3.05, 3.63) is 94.1 Å². The number of para-hydroxylation sites is 1. The number of methoxy groups -OCH3 is 1. The van der Waals surface area contributed by atoms with Gasteiger partial charge in [0.25, 0.3) is 11.7 Å². The molecule has 1 fully saturated rings. The third-order valence-corrected chi connectivity index (χ3v) is 6.25. The van der Waals surface area contributed by atoms with Gasteiger partial charge in [0, 0.05) is 16.8 Å². The Balaban J connectivity index is 1.98. The van der Waals surface area contributed by atoms with Crippen molar-refractivity contribution in [2.75, 3.05) is 18.6 Å². The maximum Gasteiger partial charge on any atom is 0.300 e. The molecule has 1 heterocycles. The van der Waals surface area contributed by atoms with Crippen molar-refractivity contribution in [3.8, 4) is 11.5 Å². The van der Waals surface area contributed by atoms with Crippen molar-refractivity contribution < 1.29 is 24.2 Å². The van der Waals surface area contributed by atoms with Gasteiger partial charge in [0.15, 0.2) is 0 Å². The maximum absolute atomic E-state index is 13.5. The Morgan fingerprint density at radius 2 is 1.69 bits per heavy atom. The standard InChI is InChI=1S/C29H29NO5/c1-6-35-23-14-13-20(16-19(23)4)27(31)25-26(21-9-7-8-10-24(21)34-5)30(29(33)28(25)32)22-15-17(2)11-12-18(22)3/h7-16,26,31H,6H2,1-5H3/b27-25+. The average Bonchev–Trinajstić information content (AvgIpc) is 3.11. The van der Waals surface area contributed by atoms with Gasteiger partial charge in [-0.1, -0.05) is 30.3 Å². The minimum absolute atomic E-state index is 0.0176. The quantitative estimate of drug-likeness (QED) is 0.286. The molecule has 0 aromatic heterocycles. The molecule has 1 aliphatic heterocycles. The fraction of sp³-hybridized carbons (Fsp3) is 0.241. The second-order valence-corrected chi connectivity index (χ2v) is 8.61.